The van der Waals surface area contributed by atoms with Crippen LogP contribution >= 0.6 is 12.2 Å². The Labute approximate surface area is 111 Å². The molecule has 1 saturated heterocycles. The van der Waals surface area contributed by atoms with Crippen molar-refractivity contribution in [3.05, 3.63) is 60.4 Å². The molecule has 1 fully saturated rings. The fraction of sp³-hybridized carbons (Fsp3) is 0.0769. The van der Waals surface area contributed by atoms with Gasteiger partial charge in [0.2, 0.25) is 0 Å². The van der Waals surface area contributed by atoms with Gasteiger partial charge in [-0.1, -0.05) is 24.3 Å². The number of hydrazine groups is 1. The lowest BCUT2D eigenvalue weighted by atomic mass is 10.2. The van der Waals surface area contributed by atoms with E-state index in [4.69, 9.17) is 12.2 Å². The van der Waals surface area contributed by atoms with Gasteiger partial charge in [0.1, 0.15) is 0 Å². The van der Waals surface area contributed by atoms with Gasteiger partial charge in [0.05, 0.1) is 11.4 Å². The maximum absolute atomic E-state index is 5.18. The summed E-state index contributed by atoms with van der Waals surface area (Å²) < 4.78 is 0. The van der Waals surface area contributed by atoms with E-state index in [1.54, 1.807) is 6.20 Å². The van der Waals surface area contributed by atoms with Gasteiger partial charge < -0.3 is 5.32 Å². The van der Waals surface area contributed by atoms with Crippen molar-refractivity contribution in [2.24, 2.45) is 0 Å². The highest BCUT2D eigenvalue weighted by Gasteiger charge is 2.29. The molecule has 0 radical (unpaired) electrons. The summed E-state index contributed by atoms with van der Waals surface area (Å²) in [4.78, 5) is 4.37. The van der Waals surface area contributed by atoms with E-state index in [0.717, 1.165) is 11.4 Å². The van der Waals surface area contributed by atoms with Gasteiger partial charge in [-0.2, -0.15) is 0 Å². The molecule has 1 aromatic carbocycles. The number of nitrogens with zero attached hydrogens (tertiary/aromatic N) is 2. The number of hydrogen-bond donors (Lipinski definition) is 2. The van der Waals surface area contributed by atoms with Crippen LogP contribution in [0.25, 0.3) is 0 Å². The van der Waals surface area contributed by atoms with Crippen LogP contribution in [0.3, 0.4) is 0 Å². The Kier molecular flexibility index (Phi) is 2.82. The summed E-state index contributed by atoms with van der Waals surface area (Å²) in [6.45, 7) is 0. The Hall–Kier alpha value is -2.14. The molecular weight excluding hydrogens is 244 g/mol. The number of rotatable bonds is 2. The normalized spacial score (nSPS) is 18.3. The second kappa shape index (κ2) is 4.62. The van der Waals surface area contributed by atoms with Crippen LogP contribution in [0.15, 0.2) is 54.7 Å². The average Bonchev–Trinajstić information content (AvgIpc) is 2.83. The van der Waals surface area contributed by atoms with Gasteiger partial charge in [-0.25, -0.2) is 0 Å². The quantitative estimate of drug-likeness (QED) is 0.804. The minimum absolute atomic E-state index is 0.0823. The molecule has 0 saturated carbocycles. The molecule has 1 atom stereocenters. The van der Waals surface area contributed by atoms with Gasteiger partial charge in [0.15, 0.2) is 11.3 Å². The Morgan fingerprint density at radius 2 is 1.83 bits per heavy atom. The minimum atomic E-state index is -0.0823. The van der Waals surface area contributed by atoms with Crippen molar-refractivity contribution in [1.82, 2.24) is 15.7 Å². The van der Waals surface area contributed by atoms with Crippen molar-refractivity contribution in [1.29, 1.82) is 0 Å². The second-order valence-corrected chi connectivity index (χ2v) is 4.36. The topological polar surface area (TPSA) is 40.2 Å². The largest absolute Gasteiger partial charge is 0.335 e. The Balaban J connectivity index is 1.96. The highest BCUT2D eigenvalue weighted by atomic mass is 32.1. The third-order valence-corrected chi connectivity index (χ3v) is 2.96. The fourth-order valence-electron chi connectivity index (χ4n) is 1.94. The molecule has 4 nitrogen and oxygen atoms in total. The molecule has 2 aromatic rings. The zero-order chi connectivity index (χ0) is 12.4. The van der Waals surface area contributed by atoms with Gasteiger partial charge in [-0.3, -0.25) is 15.4 Å². The first-order chi connectivity index (χ1) is 8.84. The molecular formula is C13H12N4S. The number of nitrogens with one attached hydrogen (secondary N) is 2. The maximum Gasteiger partial charge on any atom is 0.187 e. The fourth-order valence-corrected chi connectivity index (χ4v) is 2.15. The van der Waals surface area contributed by atoms with Crippen LogP contribution in [-0.2, 0) is 0 Å². The van der Waals surface area contributed by atoms with Crippen LogP contribution in [-0.4, -0.2) is 10.1 Å². The zero-order valence-electron chi connectivity index (χ0n) is 9.58. The number of aromatic nitrogens is 1. The molecule has 1 unspecified atom stereocenters. The van der Waals surface area contributed by atoms with Crippen LogP contribution in [0.5, 0.6) is 0 Å². The van der Waals surface area contributed by atoms with Gasteiger partial charge in [0.25, 0.3) is 0 Å². The van der Waals surface area contributed by atoms with E-state index < -0.39 is 0 Å². The number of anilines is 1. The molecule has 3 rings (SSSR count). The summed E-state index contributed by atoms with van der Waals surface area (Å²) in [7, 11) is 0. The molecule has 5 heteroatoms. The van der Waals surface area contributed by atoms with Crippen LogP contribution in [0, 0.1) is 0 Å². The predicted molar refractivity (Wildman–Crippen MR) is 74.8 cm³/mol. The molecule has 1 aliphatic rings. The zero-order valence-corrected chi connectivity index (χ0v) is 10.4. The number of pyridine rings is 1. The summed E-state index contributed by atoms with van der Waals surface area (Å²) in [5.74, 6) is 0. The number of hydrogen-bond acceptors (Lipinski definition) is 3. The van der Waals surface area contributed by atoms with Crippen molar-refractivity contribution in [3.8, 4) is 0 Å². The molecule has 0 amide bonds. The van der Waals surface area contributed by atoms with Crippen LogP contribution in [0.2, 0.25) is 0 Å². The maximum atomic E-state index is 5.18. The van der Waals surface area contributed by atoms with Gasteiger partial charge in [0, 0.05) is 6.20 Å². The van der Waals surface area contributed by atoms with E-state index in [1.807, 2.05) is 53.5 Å². The Morgan fingerprint density at radius 1 is 1.06 bits per heavy atom. The monoisotopic (exact) mass is 256 g/mol. The SMILES string of the molecule is S=C1NC(c2ccccn2)N(c2ccccc2)N1. The highest BCUT2D eigenvalue weighted by molar-refractivity contribution is 7.80. The molecule has 2 heterocycles. The first-order valence-corrected chi connectivity index (χ1v) is 6.08. The van der Waals surface area contributed by atoms with E-state index in [-0.39, 0.29) is 6.17 Å². The lowest BCUT2D eigenvalue weighted by Gasteiger charge is -2.24. The van der Waals surface area contributed by atoms with Crippen molar-refractivity contribution >= 4 is 23.0 Å². The number of thiocarbonyl (C=S) groups is 1. The molecule has 0 spiro atoms. The van der Waals surface area contributed by atoms with E-state index in [9.17, 15) is 0 Å². The lowest BCUT2D eigenvalue weighted by Crippen LogP contribution is -2.34. The third kappa shape index (κ3) is 2.00. The third-order valence-electron chi connectivity index (χ3n) is 2.75. The molecule has 0 aliphatic carbocycles. The van der Waals surface area contributed by atoms with Crippen molar-refractivity contribution < 1.29 is 0 Å². The lowest BCUT2D eigenvalue weighted by molar-refractivity contribution is 0.625. The number of para-hydroxylation sites is 1. The van der Waals surface area contributed by atoms with Crippen LogP contribution in [0.4, 0.5) is 5.69 Å². The smallest absolute Gasteiger partial charge is 0.187 e. The standard InChI is InChI=1S/C13H12N4S/c18-13-15-12(11-8-4-5-9-14-11)17(16-13)10-6-2-1-3-7-10/h1-9,12H,(H2,15,16,18). The van der Waals surface area contributed by atoms with Crippen molar-refractivity contribution in [2.45, 2.75) is 6.17 Å². The minimum Gasteiger partial charge on any atom is -0.335 e. The van der Waals surface area contributed by atoms with Crippen LogP contribution in [0.1, 0.15) is 11.9 Å². The van der Waals surface area contributed by atoms with Gasteiger partial charge in [-0.05, 0) is 36.5 Å². The van der Waals surface area contributed by atoms with Crippen LogP contribution < -0.4 is 15.8 Å². The summed E-state index contributed by atoms with van der Waals surface area (Å²) in [5.41, 5.74) is 5.10. The molecule has 90 valence electrons. The summed E-state index contributed by atoms with van der Waals surface area (Å²) in [6, 6.07) is 15.9. The van der Waals surface area contributed by atoms with Gasteiger partial charge in [-0.15, -0.1) is 0 Å². The Morgan fingerprint density at radius 3 is 2.56 bits per heavy atom. The van der Waals surface area contributed by atoms with E-state index in [2.05, 4.69) is 15.7 Å². The molecule has 1 aliphatic heterocycles. The molecule has 0 bridgehead atoms. The van der Waals surface area contributed by atoms with Crippen molar-refractivity contribution in [2.75, 3.05) is 5.01 Å². The van der Waals surface area contributed by atoms with Crippen molar-refractivity contribution in [3.63, 3.8) is 0 Å². The molecule has 1 aromatic heterocycles. The second-order valence-electron chi connectivity index (χ2n) is 3.95. The number of benzene rings is 1. The van der Waals surface area contributed by atoms with E-state index >= 15 is 0 Å². The summed E-state index contributed by atoms with van der Waals surface area (Å²) in [6.07, 6.45) is 1.70. The van der Waals surface area contributed by atoms with E-state index in [0.29, 0.717) is 5.11 Å². The first-order valence-electron chi connectivity index (χ1n) is 5.67. The molecule has 18 heavy (non-hydrogen) atoms. The van der Waals surface area contributed by atoms with E-state index in [1.165, 1.54) is 0 Å². The highest BCUT2D eigenvalue weighted by Crippen LogP contribution is 2.24. The van der Waals surface area contributed by atoms with Gasteiger partial charge >= 0.3 is 0 Å². The average molecular weight is 256 g/mol. The summed E-state index contributed by atoms with van der Waals surface area (Å²) >= 11 is 5.18. The summed E-state index contributed by atoms with van der Waals surface area (Å²) in [5, 5.41) is 5.79. The molecule has 2 N–H and O–H groups in total. The first kappa shape index (κ1) is 11.0. The predicted octanol–water partition coefficient (Wildman–Crippen LogP) is 1.98. The Bertz CT molecular complexity index is 494.